The number of anilines is 1. The summed E-state index contributed by atoms with van der Waals surface area (Å²) in [6.07, 6.45) is 3.74. The second-order valence-corrected chi connectivity index (χ2v) is 7.04. The monoisotopic (exact) mass is 416 g/mol. The third kappa shape index (κ3) is 4.46. The number of ether oxygens (including phenoxy) is 2. The second kappa shape index (κ2) is 9.08. The Balaban J connectivity index is 1.86. The van der Waals surface area contributed by atoms with Crippen LogP contribution in [0.25, 0.3) is 6.08 Å². The van der Waals surface area contributed by atoms with Crippen molar-refractivity contribution in [1.29, 1.82) is 0 Å². The SMILES string of the molecule is CCCCOc1cc(/C=C2\NC(=S)N(c3cccc(Cl)c3)C2=O)ccc1OC. The standard InChI is InChI=1S/C21H21ClN2O3S/c1-3-4-10-27-19-12-14(8-9-18(19)26-2)11-17-20(25)24(21(28)23-17)16-7-5-6-15(22)13-16/h5-9,11-13H,3-4,10H2,1-2H3,(H,23,28)/b17-11-. The molecule has 1 fully saturated rings. The Bertz CT molecular complexity index is 930. The van der Waals surface area contributed by atoms with Gasteiger partial charge in [0.1, 0.15) is 5.70 Å². The molecule has 3 rings (SSSR count). The molecule has 0 aliphatic carbocycles. The zero-order chi connectivity index (χ0) is 20.1. The van der Waals surface area contributed by atoms with Crippen molar-refractivity contribution in [2.24, 2.45) is 0 Å². The Kier molecular flexibility index (Phi) is 6.54. The lowest BCUT2D eigenvalue weighted by molar-refractivity contribution is -0.113. The number of methoxy groups -OCH3 is 1. The quantitative estimate of drug-likeness (QED) is 0.399. The molecule has 0 unspecified atom stereocenters. The van der Waals surface area contributed by atoms with E-state index in [1.54, 1.807) is 37.5 Å². The predicted octanol–water partition coefficient (Wildman–Crippen LogP) is 4.79. The largest absolute Gasteiger partial charge is 0.493 e. The molecule has 0 aromatic heterocycles. The summed E-state index contributed by atoms with van der Waals surface area (Å²) in [7, 11) is 1.60. The van der Waals surface area contributed by atoms with Gasteiger partial charge in [-0.1, -0.05) is 37.1 Å². The van der Waals surface area contributed by atoms with Crippen molar-refractivity contribution >= 4 is 46.6 Å². The fourth-order valence-electron chi connectivity index (χ4n) is 2.77. The van der Waals surface area contributed by atoms with E-state index in [1.807, 2.05) is 18.2 Å². The fourth-order valence-corrected chi connectivity index (χ4v) is 3.26. The molecule has 1 N–H and O–H groups in total. The van der Waals surface area contributed by atoms with Gasteiger partial charge in [-0.25, -0.2) is 0 Å². The molecule has 0 atom stereocenters. The lowest BCUT2D eigenvalue weighted by Crippen LogP contribution is -2.30. The molecule has 0 radical (unpaired) electrons. The summed E-state index contributed by atoms with van der Waals surface area (Å²) in [5.41, 5.74) is 1.81. The molecule has 1 aliphatic heterocycles. The molecular weight excluding hydrogens is 396 g/mol. The van der Waals surface area contributed by atoms with Crippen molar-refractivity contribution in [3.05, 3.63) is 58.7 Å². The number of benzene rings is 2. The van der Waals surface area contributed by atoms with E-state index in [4.69, 9.17) is 33.3 Å². The first-order valence-electron chi connectivity index (χ1n) is 8.97. The number of amides is 1. The number of carbonyl (C=O) groups excluding carboxylic acids is 1. The normalized spacial score (nSPS) is 15.1. The summed E-state index contributed by atoms with van der Waals surface area (Å²) in [5.74, 6) is 1.06. The van der Waals surface area contributed by atoms with Crippen molar-refractivity contribution in [1.82, 2.24) is 5.32 Å². The number of nitrogens with one attached hydrogen (secondary N) is 1. The number of thiocarbonyl (C=S) groups is 1. The Morgan fingerprint density at radius 1 is 1.21 bits per heavy atom. The van der Waals surface area contributed by atoms with Gasteiger partial charge in [-0.3, -0.25) is 9.69 Å². The van der Waals surface area contributed by atoms with E-state index < -0.39 is 0 Å². The summed E-state index contributed by atoms with van der Waals surface area (Å²) in [5, 5.41) is 3.82. The highest BCUT2D eigenvalue weighted by molar-refractivity contribution is 7.80. The number of rotatable bonds is 7. The second-order valence-electron chi connectivity index (χ2n) is 6.22. The Labute approximate surface area is 174 Å². The van der Waals surface area contributed by atoms with E-state index in [9.17, 15) is 4.79 Å². The number of halogens is 1. The molecule has 0 saturated carbocycles. The first-order valence-corrected chi connectivity index (χ1v) is 9.75. The van der Waals surface area contributed by atoms with E-state index in [0.29, 0.717) is 39.6 Å². The highest BCUT2D eigenvalue weighted by Crippen LogP contribution is 2.30. The summed E-state index contributed by atoms with van der Waals surface area (Å²) in [6.45, 7) is 2.71. The van der Waals surface area contributed by atoms with Gasteiger partial charge in [0.05, 0.1) is 19.4 Å². The molecule has 1 heterocycles. The Morgan fingerprint density at radius 3 is 2.75 bits per heavy atom. The highest BCUT2D eigenvalue weighted by atomic mass is 35.5. The van der Waals surface area contributed by atoms with Crippen molar-refractivity contribution in [3.8, 4) is 11.5 Å². The molecule has 2 aromatic carbocycles. The maximum Gasteiger partial charge on any atom is 0.281 e. The number of hydrogen-bond donors (Lipinski definition) is 1. The van der Waals surface area contributed by atoms with E-state index in [1.165, 1.54) is 4.90 Å². The maximum atomic E-state index is 12.9. The molecule has 1 amide bonds. The molecule has 1 saturated heterocycles. The van der Waals surface area contributed by atoms with Crippen LogP contribution in [0.3, 0.4) is 0 Å². The van der Waals surface area contributed by atoms with Crippen LogP contribution in [0.15, 0.2) is 48.2 Å². The third-order valence-electron chi connectivity index (χ3n) is 4.20. The van der Waals surface area contributed by atoms with Crippen LogP contribution in [-0.2, 0) is 4.79 Å². The fraction of sp³-hybridized carbons (Fsp3) is 0.238. The predicted molar refractivity (Wildman–Crippen MR) is 116 cm³/mol. The molecule has 2 aromatic rings. The topological polar surface area (TPSA) is 50.8 Å². The molecule has 28 heavy (non-hydrogen) atoms. The first kappa shape index (κ1) is 20.2. The van der Waals surface area contributed by atoms with Crippen molar-refractivity contribution in [3.63, 3.8) is 0 Å². The van der Waals surface area contributed by atoms with Crippen LogP contribution in [0.2, 0.25) is 5.02 Å². The number of hydrogen-bond acceptors (Lipinski definition) is 4. The zero-order valence-electron chi connectivity index (χ0n) is 15.7. The van der Waals surface area contributed by atoms with Crippen LogP contribution in [-0.4, -0.2) is 24.7 Å². The van der Waals surface area contributed by atoms with Crippen LogP contribution < -0.4 is 19.7 Å². The lowest BCUT2D eigenvalue weighted by Gasteiger charge is -2.14. The number of unbranched alkanes of at least 4 members (excludes halogenated alkanes) is 1. The van der Waals surface area contributed by atoms with Crippen molar-refractivity contribution in [2.45, 2.75) is 19.8 Å². The van der Waals surface area contributed by atoms with E-state index in [-0.39, 0.29) is 5.91 Å². The average Bonchev–Trinajstić information content (AvgIpc) is 2.95. The van der Waals surface area contributed by atoms with Gasteiger partial charge in [0.2, 0.25) is 0 Å². The van der Waals surface area contributed by atoms with E-state index >= 15 is 0 Å². The van der Waals surface area contributed by atoms with Crippen molar-refractivity contribution in [2.75, 3.05) is 18.6 Å². The maximum absolute atomic E-state index is 12.9. The number of carbonyl (C=O) groups is 1. The van der Waals surface area contributed by atoms with Gasteiger partial charge in [-0.05, 0) is 60.6 Å². The molecule has 1 aliphatic rings. The van der Waals surface area contributed by atoms with Crippen LogP contribution in [0.4, 0.5) is 5.69 Å². The first-order chi connectivity index (χ1) is 13.5. The van der Waals surface area contributed by atoms with Crippen LogP contribution >= 0.6 is 23.8 Å². The van der Waals surface area contributed by atoms with Crippen molar-refractivity contribution < 1.29 is 14.3 Å². The summed E-state index contributed by atoms with van der Waals surface area (Å²) in [4.78, 5) is 14.3. The van der Waals surface area contributed by atoms with Crippen LogP contribution in [0.1, 0.15) is 25.3 Å². The van der Waals surface area contributed by atoms with Gasteiger partial charge >= 0.3 is 0 Å². The van der Waals surface area contributed by atoms with Crippen LogP contribution in [0.5, 0.6) is 11.5 Å². The van der Waals surface area contributed by atoms with Gasteiger partial charge in [-0.15, -0.1) is 0 Å². The molecule has 5 nitrogen and oxygen atoms in total. The smallest absolute Gasteiger partial charge is 0.281 e. The van der Waals surface area contributed by atoms with E-state index in [0.717, 1.165) is 18.4 Å². The van der Waals surface area contributed by atoms with E-state index in [2.05, 4.69) is 12.2 Å². The number of nitrogens with zero attached hydrogens (tertiary/aromatic N) is 1. The minimum Gasteiger partial charge on any atom is -0.493 e. The molecule has 0 spiro atoms. The third-order valence-corrected chi connectivity index (χ3v) is 4.72. The average molecular weight is 417 g/mol. The minimum absolute atomic E-state index is 0.239. The van der Waals surface area contributed by atoms with Gasteiger partial charge in [0, 0.05) is 5.02 Å². The zero-order valence-corrected chi connectivity index (χ0v) is 17.3. The van der Waals surface area contributed by atoms with Gasteiger partial charge in [-0.2, -0.15) is 0 Å². The molecule has 0 bridgehead atoms. The van der Waals surface area contributed by atoms with Crippen LogP contribution in [0, 0.1) is 0 Å². The lowest BCUT2D eigenvalue weighted by atomic mass is 10.1. The summed E-state index contributed by atoms with van der Waals surface area (Å²) >= 11 is 11.4. The molecular formula is C21H21ClN2O3S. The van der Waals surface area contributed by atoms with Gasteiger partial charge in [0.15, 0.2) is 16.6 Å². The summed E-state index contributed by atoms with van der Waals surface area (Å²) in [6, 6.07) is 12.5. The minimum atomic E-state index is -0.239. The Morgan fingerprint density at radius 2 is 2.04 bits per heavy atom. The molecule has 146 valence electrons. The summed E-state index contributed by atoms with van der Waals surface area (Å²) < 4.78 is 11.2. The van der Waals surface area contributed by atoms with Gasteiger partial charge in [0.25, 0.3) is 5.91 Å². The van der Waals surface area contributed by atoms with Gasteiger partial charge < -0.3 is 14.8 Å². The Hall–Kier alpha value is -2.57. The molecule has 7 heteroatoms. The highest BCUT2D eigenvalue weighted by Gasteiger charge is 2.32.